The van der Waals surface area contributed by atoms with Gasteiger partial charge in [0.1, 0.15) is 5.82 Å². The van der Waals surface area contributed by atoms with Gasteiger partial charge in [0.2, 0.25) is 0 Å². The average molecular weight is 271 g/mol. The van der Waals surface area contributed by atoms with Gasteiger partial charge in [-0.05, 0) is 48.6 Å². The number of nitrogens with zero attached hydrogens (tertiary/aromatic N) is 1. The van der Waals surface area contributed by atoms with E-state index >= 15 is 0 Å². The standard InChI is InChI=1S/C16H18FN3/c1-10-4-5-12(9-14(10)17)16(20-18)13-7-6-11-3-2-8-19-15(11)13/h2-5,8-9,13,16,20H,6-7,18H2,1H3. The fourth-order valence-corrected chi connectivity index (χ4v) is 3.02. The molecule has 3 N–H and O–H groups in total. The summed E-state index contributed by atoms with van der Waals surface area (Å²) in [4.78, 5) is 4.49. The van der Waals surface area contributed by atoms with Crippen molar-refractivity contribution < 1.29 is 4.39 Å². The van der Waals surface area contributed by atoms with Crippen molar-refractivity contribution in [2.45, 2.75) is 31.7 Å². The molecule has 3 rings (SSSR count). The van der Waals surface area contributed by atoms with Crippen LogP contribution < -0.4 is 11.3 Å². The van der Waals surface area contributed by atoms with Gasteiger partial charge in [0.15, 0.2) is 0 Å². The summed E-state index contributed by atoms with van der Waals surface area (Å²) in [5.41, 5.74) is 6.71. The Balaban J connectivity index is 1.97. The average Bonchev–Trinajstić information content (AvgIpc) is 2.88. The maximum Gasteiger partial charge on any atom is 0.126 e. The third kappa shape index (κ3) is 2.21. The molecule has 3 nitrogen and oxygen atoms in total. The number of pyridine rings is 1. The van der Waals surface area contributed by atoms with Crippen LogP contribution in [-0.2, 0) is 6.42 Å². The molecule has 2 aromatic rings. The number of aryl methyl sites for hydroxylation is 2. The molecule has 0 saturated heterocycles. The summed E-state index contributed by atoms with van der Waals surface area (Å²) in [6.07, 6.45) is 3.79. The highest BCUT2D eigenvalue weighted by Crippen LogP contribution is 2.40. The van der Waals surface area contributed by atoms with E-state index in [1.807, 2.05) is 12.1 Å². The normalized spacial score (nSPS) is 18.9. The van der Waals surface area contributed by atoms with Gasteiger partial charge < -0.3 is 0 Å². The Labute approximate surface area is 118 Å². The highest BCUT2D eigenvalue weighted by Gasteiger charge is 2.31. The Morgan fingerprint density at radius 1 is 1.40 bits per heavy atom. The highest BCUT2D eigenvalue weighted by molar-refractivity contribution is 5.34. The van der Waals surface area contributed by atoms with E-state index in [0.717, 1.165) is 24.1 Å². The van der Waals surface area contributed by atoms with Crippen LogP contribution in [0.15, 0.2) is 36.5 Å². The van der Waals surface area contributed by atoms with Gasteiger partial charge in [-0.25, -0.2) is 4.39 Å². The van der Waals surface area contributed by atoms with Gasteiger partial charge in [0.05, 0.1) is 6.04 Å². The molecule has 1 aliphatic rings. The van der Waals surface area contributed by atoms with Crippen LogP contribution in [0.3, 0.4) is 0 Å². The van der Waals surface area contributed by atoms with Crippen molar-refractivity contribution in [1.82, 2.24) is 10.4 Å². The summed E-state index contributed by atoms with van der Waals surface area (Å²) in [5, 5.41) is 0. The van der Waals surface area contributed by atoms with Crippen molar-refractivity contribution >= 4 is 0 Å². The van der Waals surface area contributed by atoms with Gasteiger partial charge in [0, 0.05) is 17.8 Å². The number of nitrogens with two attached hydrogens (primary N) is 1. The molecule has 2 atom stereocenters. The molecule has 0 fully saturated rings. The van der Waals surface area contributed by atoms with Gasteiger partial charge in [-0.1, -0.05) is 18.2 Å². The molecular weight excluding hydrogens is 253 g/mol. The smallest absolute Gasteiger partial charge is 0.126 e. The Morgan fingerprint density at radius 3 is 3.00 bits per heavy atom. The van der Waals surface area contributed by atoms with E-state index in [2.05, 4.69) is 16.5 Å². The van der Waals surface area contributed by atoms with Crippen LogP contribution >= 0.6 is 0 Å². The molecule has 1 aliphatic carbocycles. The minimum Gasteiger partial charge on any atom is -0.271 e. The minimum absolute atomic E-state index is 0.110. The van der Waals surface area contributed by atoms with Crippen LogP contribution in [-0.4, -0.2) is 4.98 Å². The van der Waals surface area contributed by atoms with Crippen molar-refractivity contribution in [1.29, 1.82) is 0 Å². The third-order valence-electron chi connectivity index (χ3n) is 4.14. The number of hydrogen-bond acceptors (Lipinski definition) is 3. The first-order valence-electron chi connectivity index (χ1n) is 6.86. The Bertz CT molecular complexity index is 627. The highest BCUT2D eigenvalue weighted by atomic mass is 19.1. The van der Waals surface area contributed by atoms with Crippen molar-refractivity contribution in [3.63, 3.8) is 0 Å². The number of aromatic nitrogens is 1. The zero-order valence-corrected chi connectivity index (χ0v) is 11.4. The molecule has 1 aromatic heterocycles. The number of halogens is 1. The summed E-state index contributed by atoms with van der Waals surface area (Å²) in [6, 6.07) is 9.25. The lowest BCUT2D eigenvalue weighted by Gasteiger charge is -2.23. The molecular formula is C16H18FN3. The molecule has 104 valence electrons. The molecule has 1 aromatic carbocycles. The maximum atomic E-state index is 13.8. The maximum absolute atomic E-state index is 13.8. The molecule has 20 heavy (non-hydrogen) atoms. The van der Waals surface area contributed by atoms with Crippen molar-refractivity contribution in [2.24, 2.45) is 5.84 Å². The fraction of sp³-hybridized carbons (Fsp3) is 0.312. The largest absolute Gasteiger partial charge is 0.271 e. The molecule has 0 aliphatic heterocycles. The molecule has 0 radical (unpaired) electrons. The Morgan fingerprint density at radius 2 is 2.25 bits per heavy atom. The van der Waals surface area contributed by atoms with Crippen LogP contribution in [0.25, 0.3) is 0 Å². The van der Waals surface area contributed by atoms with Gasteiger partial charge in [-0.3, -0.25) is 16.3 Å². The first kappa shape index (κ1) is 13.2. The SMILES string of the molecule is Cc1ccc(C(NN)C2CCc3cccnc32)cc1F. The molecule has 0 bridgehead atoms. The summed E-state index contributed by atoms with van der Waals surface area (Å²) < 4.78 is 13.8. The first-order chi connectivity index (χ1) is 9.70. The van der Waals surface area contributed by atoms with Crippen LogP contribution in [0.5, 0.6) is 0 Å². The van der Waals surface area contributed by atoms with Crippen molar-refractivity contribution in [3.05, 3.63) is 64.7 Å². The second kappa shape index (κ2) is 5.31. The molecule has 1 heterocycles. The van der Waals surface area contributed by atoms with Crippen molar-refractivity contribution in [2.75, 3.05) is 0 Å². The Kier molecular flexibility index (Phi) is 3.51. The summed E-state index contributed by atoms with van der Waals surface area (Å²) in [6.45, 7) is 1.76. The van der Waals surface area contributed by atoms with E-state index in [0.29, 0.717) is 5.56 Å². The second-order valence-corrected chi connectivity index (χ2v) is 5.35. The topological polar surface area (TPSA) is 50.9 Å². The summed E-state index contributed by atoms with van der Waals surface area (Å²) in [7, 11) is 0. The van der Waals surface area contributed by atoms with Crippen LogP contribution in [0.4, 0.5) is 4.39 Å². The number of fused-ring (bicyclic) bond motifs is 1. The Hall–Kier alpha value is -1.78. The number of hydrogen-bond donors (Lipinski definition) is 2. The van der Waals surface area contributed by atoms with E-state index in [1.165, 1.54) is 5.56 Å². The van der Waals surface area contributed by atoms with E-state index < -0.39 is 0 Å². The molecule has 0 spiro atoms. The third-order valence-corrected chi connectivity index (χ3v) is 4.14. The predicted molar refractivity (Wildman–Crippen MR) is 76.5 cm³/mol. The van der Waals surface area contributed by atoms with Crippen LogP contribution in [0.1, 0.15) is 40.8 Å². The van der Waals surface area contributed by atoms with E-state index in [-0.39, 0.29) is 17.8 Å². The zero-order valence-electron chi connectivity index (χ0n) is 11.4. The lowest BCUT2D eigenvalue weighted by molar-refractivity contribution is 0.444. The van der Waals surface area contributed by atoms with Gasteiger partial charge >= 0.3 is 0 Å². The fourth-order valence-electron chi connectivity index (χ4n) is 3.02. The van der Waals surface area contributed by atoms with Gasteiger partial charge in [-0.2, -0.15) is 0 Å². The summed E-state index contributed by atoms with van der Waals surface area (Å²) >= 11 is 0. The monoisotopic (exact) mass is 271 g/mol. The van der Waals surface area contributed by atoms with Gasteiger partial charge in [-0.15, -0.1) is 0 Å². The van der Waals surface area contributed by atoms with Crippen LogP contribution in [0.2, 0.25) is 0 Å². The lowest BCUT2D eigenvalue weighted by atomic mass is 9.90. The molecule has 0 saturated carbocycles. The summed E-state index contributed by atoms with van der Waals surface area (Å²) in [5.74, 6) is 5.73. The van der Waals surface area contributed by atoms with E-state index in [9.17, 15) is 4.39 Å². The van der Waals surface area contributed by atoms with E-state index in [4.69, 9.17) is 5.84 Å². The number of rotatable bonds is 3. The van der Waals surface area contributed by atoms with Crippen molar-refractivity contribution in [3.8, 4) is 0 Å². The minimum atomic E-state index is -0.193. The zero-order chi connectivity index (χ0) is 14.1. The lowest BCUT2D eigenvalue weighted by Crippen LogP contribution is -2.32. The van der Waals surface area contributed by atoms with Crippen LogP contribution in [0, 0.1) is 12.7 Å². The number of nitrogens with one attached hydrogen (secondary N) is 1. The first-order valence-corrected chi connectivity index (χ1v) is 6.86. The van der Waals surface area contributed by atoms with E-state index in [1.54, 1.807) is 25.3 Å². The second-order valence-electron chi connectivity index (χ2n) is 5.35. The quantitative estimate of drug-likeness (QED) is 0.666. The van der Waals surface area contributed by atoms with Gasteiger partial charge in [0.25, 0.3) is 0 Å². The molecule has 2 unspecified atom stereocenters. The molecule has 4 heteroatoms. The predicted octanol–water partition coefficient (Wildman–Crippen LogP) is 2.76. The molecule has 0 amide bonds. The number of hydrazine groups is 1. The number of benzene rings is 1.